The van der Waals surface area contributed by atoms with Crippen molar-refractivity contribution in [1.82, 2.24) is 10.2 Å². The summed E-state index contributed by atoms with van der Waals surface area (Å²) in [4.78, 5) is 15.3. The number of ether oxygens (including phenoxy) is 1. The van der Waals surface area contributed by atoms with Gasteiger partial charge in [0.2, 0.25) is 0 Å². The summed E-state index contributed by atoms with van der Waals surface area (Å²) in [6.07, 6.45) is -0.173. The van der Waals surface area contributed by atoms with Crippen LogP contribution < -0.4 is 5.32 Å². The van der Waals surface area contributed by atoms with Gasteiger partial charge >= 0.3 is 6.09 Å². The van der Waals surface area contributed by atoms with Gasteiger partial charge in [0.1, 0.15) is 5.60 Å². The molecule has 1 aliphatic heterocycles. The van der Waals surface area contributed by atoms with Crippen molar-refractivity contribution in [3.8, 4) is 0 Å². The number of thiophene rings is 1. The minimum atomic E-state index is -0.414. The largest absolute Gasteiger partial charge is 0.444 e. The zero-order valence-electron chi connectivity index (χ0n) is 13.4. The molecule has 1 aliphatic carbocycles. The molecule has 0 aromatic carbocycles. The van der Waals surface area contributed by atoms with Crippen LogP contribution in [0.5, 0.6) is 0 Å². The number of likely N-dealkylation sites (tertiary alicyclic amines) is 1. The van der Waals surface area contributed by atoms with Gasteiger partial charge in [0, 0.05) is 30.1 Å². The maximum atomic E-state index is 12.1. The Labute approximate surface area is 144 Å². The Kier molecular flexibility index (Phi) is 4.29. The summed E-state index contributed by atoms with van der Waals surface area (Å²) in [5, 5.41) is 3.70. The molecule has 0 spiro atoms. The molecule has 1 saturated carbocycles. The average Bonchev–Trinajstić information content (AvgIpc) is 2.83. The number of nitrogens with zero attached hydrogens (tertiary/aromatic N) is 1. The summed E-state index contributed by atoms with van der Waals surface area (Å²) in [6, 6.07) is 5.16. The van der Waals surface area contributed by atoms with E-state index in [1.54, 1.807) is 11.3 Å². The highest BCUT2D eigenvalue weighted by Gasteiger charge is 2.57. The van der Waals surface area contributed by atoms with Crippen LogP contribution in [-0.4, -0.2) is 35.7 Å². The molecule has 1 saturated heterocycles. The maximum absolute atomic E-state index is 12.1. The van der Waals surface area contributed by atoms with Crippen LogP contribution >= 0.6 is 27.3 Å². The fourth-order valence-electron chi connectivity index (χ4n) is 3.18. The molecule has 3 atom stereocenters. The van der Waals surface area contributed by atoms with Gasteiger partial charge in [0.15, 0.2) is 0 Å². The van der Waals surface area contributed by atoms with Crippen molar-refractivity contribution in [1.29, 1.82) is 0 Å². The summed E-state index contributed by atoms with van der Waals surface area (Å²) in [6.45, 7) is 9.57. The summed E-state index contributed by atoms with van der Waals surface area (Å²) in [7, 11) is 0. The number of amides is 1. The van der Waals surface area contributed by atoms with E-state index in [4.69, 9.17) is 4.74 Å². The number of hydrogen-bond acceptors (Lipinski definition) is 4. The van der Waals surface area contributed by atoms with Gasteiger partial charge in [-0.15, -0.1) is 11.3 Å². The lowest BCUT2D eigenvalue weighted by Gasteiger charge is -2.26. The van der Waals surface area contributed by atoms with Crippen LogP contribution in [0.3, 0.4) is 0 Å². The highest BCUT2D eigenvalue weighted by molar-refractivity contribution is 9.11. The lowest BCUT2D eigenvalue weighted by Crippen LogP contribution is -2.39. The van der Waals surface area contributed by atoms with E-state index in [1.807, 2.05) is 25.7 Å². The van der Waals surface area contributed by atoms with Gasteiger partial charge in [-0.25, -0.2) is 4.79 Å². The van der Waals surface area contributed by atoms with Crippen molar-refractivity contribution >= 4 is 33.4 Å². The number of halogens is 1. The molecule has 2 heterocycles. The molecule has 1 aromatic rings. The maximum Gasteiger partial charge on any atom is 0.410 e. The number of nitrogens with one attached hydrogen (secondary N) is 1. The number of rotatable bonds is 3. The van der Waals surface area contributed by atoms with Crippen LogP contribution in [0.15, 0.2) is 15.9 Å². The number of carbonyl (C=O) groups excluding carboxylic acids is 1. The molecule has 2 fully saturated rings. The van der Waals surface area contributed by atoms with E-state index in [9.17, 15) is 4.79 Å². The van der Waals surface area contributed by atoms with E-state index in [2.05, 4.69) is 40.3 Å². The zero-order valence-corrected chi connectivity index (χ0v) is 15.8. The third kappa shape index (κ3) is 3.49. The minimum absolute atomic E-state index is 0.173. The summed E-state index contributed by atoms with van der Waals surface area (Å²) in [5.41, 5.74) is -0.414. The first kappa shape index (κ1) is 16.3. The lowest BCUT2D eigenvalue weighted by molar-refractivity contribution is 0.0269. The smallest absolute Gasteiger partial charge is 0.410 e. The fourth-order valence-corrected chi connectivity index (χ4v) is 4.62. The number of fused-ring (bicyclic) bond motifs is 1. The number of carbonyl (C=O) groups is 1. The first-order valence-corrected chi connectivity index (χ1v) is 9.35. The van der Waals surface area contributed by atoms with Gasteiger partial charge in [-0.05, 0) is 67.6 Å². The predicted molar refractivity (Wildman–Crippen MR) is 92.1 cm³/mol. The molecular weight excluding hydrogens is 364 g/mol. The monoisotopic (exact) mass is 386 g/mol. The van der Waals surface area contributed by atoms with E-state index in [0.717, 1.165) is 13.1 Å². The molecule has 1 amide bonds. The summed E-state index contributed by atoms with van der Waals surface area (Å²) < 4.78 is 6.61. The Balaban J connectivity index is 1.48. The van der Waals surface area contributed by atoms with Crippen molar-refractivity contribution < 1.29 is 9.53 Å². The van der Waals surface area contributed by atoms with Gasteiger partial charge in [-0.3, -0.25) is 0 Å². The molecule has 1 aromatic heterocycles. The van der Waals surface area contributed by atoms with Crippen molar-refractivity contribution in [3.63, 3.8) is 0 Å². The van der Waals surface area contributed by atoms with Crippen LogP contribution in [0.4, 0.5) is 4.79 Å². The van der Waals surface area contributed by atoms with Crippen LogP contribution in [0.2, 0.25) is 0 Å². The molecule has 0 bridgehead atoms. The normalized spacial score (nSPS) is 28.4. The molecule has 0 radical (unpaired) electrons. The topological polar surface area (TPSA) is 41.6 Å². The molecule has 3 unspecified atom stereocenters. The minimum Gasteiger partial charge on any atom is -0.444 e. The Bertz CT molecular complexity index is 557. The predicted octanol–water partition coefficient (Wildman–Crippen LogP) is 4.03. The van der Waals surface area contributed by atoms with Crippen LogP contribution in [0, 0.1) is 11.8 Å². The van der Waals surface area contributed by atoms with E-state index >= 15 is 0 Å². The zero-order chi connectivity index (χ0) is 16.1. The van der Waals surface area contributed by atoms with Gasteiger partial charge in [-0.1, -0.05) is 0 Å². The molecule has 6 heteroatoms. The standard InChI is InChI=1S/C16H23BrN2O2S/c1-9(12-5-6-13(17)22-12)18-14-10-7-19(8-11(10)14)15(20)21-16(2,3)4/h5-6,9-11,14,18H,7-8H2,1-4H3. The SMILES string of the molecule is CC(NC1C2CN(C(=O)OC(C)(C)C)CC21)c1ccc(Br)s1. The molecule has 4 nitrogen and oxygen atoms in total. The van der Waals surface area contributed by atoms with Gasteiger partial charge in [0.05, 0.1) is 3.79 Å². The van der Waals surface area contributed by atoms with Crippen molar-refractivity contribution in [2.24, 2.45) is 11.8 Å². The van der Waals surface area contributed by atoms with E-state index in [-0.39, 0.29) is 6.09 Å². The average molecular weight is 387 g/mol. The van der Waals surface area contributed by atoms with Crippen LogP contribution in [0.1, 0.15) is 38.6 Å². The van der Waals surface area contributed by atoms with Gasteiger partial charge in [0.25, 0.3) is 0 Å². The molecular formula is C16H23BrN2O2S. The Morgan fingerprint density at radius 3 is 2.55 bits per heavy atom. The van der Waals surface area contributed by atoms with E-state index in [0.29, 0.717) is 23.9 Å². The Morgan fingerprint density at radius 2 is 2.05 bits per heavy atom. The second-order valence-electron chi connectivity index (χ2n) is 7.27. The molecule has 1 N–H and O–H groups in total. The lowest BCUT2D eigenvalue weighted by atomic mass is 10.2. The molecule has 22 heavy (non-hydrogen) atoms. The highest BCUT2D eigenvalue weighted by Crippen LogP contribution is 2.47. The Hall–Kier alpha value is -0.590. The third-order valence-electron chi connectivity index (χ3n) is 4.31. The third-order valence-corrected chi connectivity index (χ3v) is 6.12. The first-order valence-electron chi connectivity index (χ1n) is 7.74. The molecule has 122 valence electrons. The fraction of sp³-hybridized carbons (Fsp3) is 0.688. The number of hydrogen-bond donors (Lipinski definition) is 1. The first-order chi connectivity index (χ1) is 10.2. The van der Waals surface area contributed by atoms with Crippen LogP contribution in [0.25, 0.3) is 0 Å². The quantitative estimate of drug-likeness (QED) is 0.852. The van der Waals surface area contributed by atoms with Crippen LogP contribution in [-0.2, 0) is 4.74 Å². The molecule has 2 aliphatic rings. The highest BCUT2D eigenvalue weighted by atomic mass is 79.9. The van der Waals surface area contributed by atoms with Gasteiger partial charge in [-0.2, -0.15) is 0 Å². The second kappa shape index (κ2) is 5.80. The van der Waals surface area contributed by atoms with Gasteiger partial charge < -0.3 is 15.0 Å². The second-order valence-corrected chi connectivity index (χ2v) is 9.76. The summed E-state index contributed by atoms with van der Waals surface area (Å²) >= 11 is 5.29. The van der Waals surface area contributed by atoms with E-state index in [1.165, 1.54) is 8.66 Å². The number of piperidine rings is 1. The summed E-state index contributed by atoms with van der Waals surface area (Å²) in [5.74, 6) is 1.16. The Morgan fingerprint density at radius 1 is 1.41 bits per heavy atom. The van der Waals surface area contributed by atoms with Crippen molar-refractivity contribution in [2.45, 2.75) is 45.4 Å². The van der Waals surface area contributed by atoms with Crippen molar-refractivity contribution in [2.75, 3.05) is 13.1 Å². The molecule has 3 rings (SSSR count). The van der Waals surface area contributed by atoms with Crippen molar-refractivity contribution in [3.05, 3.63) is 20.8 Å². The van der Waals surface area contributed by atoms with E-state index < -0.39 is 5.60 Å².